The van der Waals surface area contributed by atoms with Gasteiger partial charge in [-0.25, -0.2) is 0 Å². The summed E-state index contributed by atoms with van der Waals surface area (Å²) in [5.41, 5.74) is 1.98. The molecule has 0 aromatic rings. The standard InChI is InChI=1S/C21H28O5S/c1-20-9-8-18-16(17(20)5-6-19(20)23)4-3-14-13-15(22)7-10-21(14,18)11-12-26-27(2,24)25/h8,13,16-17H,3-7,9-12H2,1-2H3/t16-,17-,20-,21+/m0/s1. The highest BCUT2D eigenvalue weighted by Crippen LogP contribution is 2.63. The van der Waals surface area contributed by atoms with Crippen LogP contribution in [-0.4, -0.2) is 32.8 Å². The van der Waals surface area contributed by atoms with Crippen LogP contribution in [0.15, 0.2) is 23.3 Å². The largest absolute Gasteiger partial charge is 0.299 e. The summed E-state index contributed by atoms with van der Waals surface area (Å²) in [5.74, 6) is 1.29. The number of hydrogen-bond donors (Lipinski definition) is 0. The number of allylic oxidation sites excluding steroid dienone is 4. The van der Waals surface area contributed by atoms with Crippen LogP contribution in [0.25, 0.3) is 0 Å². The molecule has 27 heavy (non-hydrogen) atoms. The maximum atomic E-state index is 12.5. The fourth-order valence-electron chi connectivity index (χ4n) is 6.26. The normalized spacial score (nSPS) is 38.6. The van der Waals surface area contributed by atoms with Crippen molar-refractivity contribution < 1.29 is 22.2 Å². The van der Waals surface area contributed by atoms with Crippen LogP contribution in [0.1, 0.15) is 58.3 Å². The van der Waals surface area contributed by atoms with Crippen molar-refractivity contribution in [3.8, 4) is 0 Å². The summed E-state index contributed by atoms with van der Waals surface area (Å²) in [4.78, 5) is 24.6. The molecule has 148 valence electrons. The third-order valence-corrected chi connectivity index (χ3v) is 8.22. The second kappa shape index (κ2) is 6.38. The molecule has 0 aliphatic heterocycles. The quantitative estimate of drug-likeness (QED) is 0.542. The van der Waals surface area contributed by atoms with Crippen molar-refractivity contribution in [1.82, 2.24) is 0 Å². The molecule has 0 amide bonds. The third kappa shape index (κ3) is 3.05. The number of fused-ring (bicyclic) bond motifs is 5. The van der Waals surface area contributed by atoms with Crippen molar-refractivity contribution in [1.29, 1.82) is 0 Å². The smallest absolute Gasteiger partial charge is 0.264 e. The molecule has 0 bridgehead atoms. The highest BCUT2D eigenvalue weighted by atomic mass is 32.2. The van der Waals surface area contributed by atoms with E-state index in [4.69, 9.17) is 4.18 Å². The summed E-state index contributed by atoms with van der Waals surface area (Å²) in [6, 6.07) is 0. The molecular formula is C21H28O5S. The Bertz CT molecular complexity index is 852. The molecule has 4 rings (SSSR count). The van der Waals surface area contributed by atoms with Crippen molar-refractivity contribution in [2.75, 3.05) is 12.9 Å². The summed E-state index contributed by atoms with van der Waals surface area (Å²) < 4.78 is 28.0. The van der Waals surface area contributed by atoms with E-state index in [2.05, 4.69) is 13.0 Å². The van der Waals surface area contributed by atoms with E-state index in [0.717, 1.165) is 43.9 Å². The molecule has 0 unspecified atom stereocenters. The predicted molar refractivity (Wildman–Crippen MR) is 101 cm³/mol. The minimum Gasteiger partial charge on any atom is -0.299 e. The molecule has 0 aromatic heterocycles. The Kier molecular flexibility index (Phi) is 4.50. The fraction of sp³-hybridized carbons (Fsp3) is 0.714. The van der Waals surface area contributed by atoms with Gasteiger partial charge in [0.25, 0.3) is 10.1 Å². The predicted octanol–water partition coefficient (Wildman–Crippen LogP) is 3.35. The van der Waals surface area contributed by atoms with Gasteiger partial charge in [-0.05, 0) is 56.4 Å². The van der Waals surface area contributed by atoms with Crippen LogP contribution in [0.3, 0.4) is 0 Å². The van der Waals surface area contributed by atoms with Crippen LogP contribution in [0.5, 0.6) is 0 Å². The topological polar surface area (TPSA) is 77.5 Å². The molecule has 0 heterocycles. The third-order valence-electron chi connectivity index (χ3n) is 7.62. The summed E-state index contributed by atoms with van der Waals surface area (Å²) in [6.07, 6.45) is 11.2. The van der Waals surface area contributed by atoms with Crippen molar-refractivity contribution in [2.24, 2.45) is 22.7 Å². The van der Waals surface area contributed by atoms with Gasteiger partial charge in [-0.2, -0.15) is 8.42 Å². The van der Waals surface area contributed by atoms with Crippen molar-refractivity contribution in [3.63, 3.8) is 0 Å². The van der Waals surface area contributed by atoms with Gasteiger partial charge in [-0.15, -0.1) is 0 Å². The first-order valence-electron chi connectivity index (χ1n) is 9.98. The number of ketones is 2. The first-order valence-corrected chi connectivity index (χ1v) is 11.8. The molecule has 0 radical (unpaired) electrons. The van der Waals surface area contributed by atoms with Gasteiger partial charge in [0.1, 0.15) is 5.78 Å². The summed E-state index contributed by atoms with van der Waals surface area (Å²) >= 11 is 0. The Balaban J connectivity index is 1.71. The van der Waals surface area contributed by atoms with Crippen LogP contribution in [0.2, 0.25) is 0 Å². The molecular weight excluding hydrogens is 364 g/mol. The Hall–Kier alpha value is -1.27. The molecule has 4 aliphatic carbocycles. The van der Waals surface area contributed by atoms with Crippen LogP contribution >= 0.6 is 0 Å². The zero-order valence-electron chi connectivity index (χ0n) is 16.1. The minimum atomic E-state index is -3.49. The van der Waals surface area contributed by atoms with E-state index in [9.17, 15) is 18.0 Å². The molecule has 4 atom stereocenters. The lowest BCUT2D eigenvalue weighted by Crippen LogP contribution is -2.46. The first-order chi connectivity index (χ1) is 12.7. The van der Waals surface area contributed by atoms with E-state index in [1.165, 1.54) is 5.57 Å². The second-order valence-electron chi connectivity index (χ2n) is 8.99. The average molecular weight is 393 g/mol. The van der Waals surface area contributed by atoms with Crippen LogP contribution < -0.4 is 0 Å². The highest BCUT2D eigenvalue weighted by molar-refractivity contribution is 7.85. The van der Waals surface area contributed by atoms with Gasteiger partial charge >= 0.3 is 0 Å². The van der Waals surface area contributed by atoms with Gasteiger partial charge in [0.15, 0.2) is 5.78 Å². The Morgan fingerprint density at radius 1 is 1.19 bits per heavy atom. The van der Waals surface area contributed by atoms with Gasteiger partial charge in [-0.3, -0.25) is 13.8 Å². The van der Waals surface area contributed by atoms with Gasteiger partial charge in [0.05, 0.1) is 12.9 Å². The van der Waals surface area contributed by atoms with Crippen LogP contribution in [0, 0.1) is 22.7 Å². The molecule has 0 saturated heterocycles. The number of carbonyl (C=O) groups is 2. The maximum Gasteiger partial charge on any atom is 0.264 e. The van der Waals surface area contributed by atoms with E-state index in [0.29, 0.717) is 36.9 Å². The molecule has 0 N–H and O–H groups in total. The second-order valence-corrected chi connectivity index (χ2v) is 10.6. The summed E-state index contributed by atoms with van der Waals surface area (Å²) in [5, 5.41) is 0. The van der Waals surface area contributed by atoms with Crippen molar-refractivity contribution in [3.05, 3.63) is 23.3 Å². The van der Waals surface area contributed by atoms with Gasteiger partial charge in [0, 0.05) is 23.7 Å². The zero-order chi connectivity index (χ0) is 19.4. The lowest BCUT2D eigenvalue weighted by atomic mass is 9.50. The average Bonchev–Trinajstić information content (AvgIpc) is 2.89. The first kappa shape index (κ1) is 19.1. The number of Topliss-reactive ketones (excluding diaryl/α,β-unsaturated/α-hetero) is 1. The van der Waals surface area contributed by atoms with E-state index in [-0.39, 0.29) is 23.2 Å². The molecule has 6 heteroatoms. The van der Waals surface area contributed by atoms with Crippen molar-refractivity contribution >= 4 is 21.7 Å². The molecule has 2 saturated carbocycles. The fourth-order valence-corrected chi connectivity index (χ4v) is 6.64. The lowest BCUT2D eigenvalue weighted by molar-refractivity contribution is -0.127. The summed E-state index contributed by atoms with van der Waals surface area (Å²) in [7, 11) is -3.49. The Morgan fingerprint density at radius 2 is 1.96 bits per heavy atom. The SMILES string of the molecule is C[C@]12CC=C3[C@@H](CCC4=CC(=O)CC[C@@]43CCOS(C)(=O)=O)[C@@H]1CCC2=O. The molecule has 4 aliphatic rings. The highest BCUT2D eigenvalue weighted by Gasteiger charge is 2.56. The number of hydrogen-bond acceptors (Lipinski definition) is 5. The van der Waals surface area contributed by atoms with Crippen LogP contribution in [0.4, 0.5) is 0 Å². The molecule has 0 spiro atoms. The maximum absolute atomic E-state index is 12.5. The minimum absolute atomic E-state index is 0.134. The van der Waals surface area contributed by atoms with E-state index < -0.39 is 10.1 Å². The van der Waals surface area contributed by atoms with Crippen molar-refractivity contribution in [2.45, 2.75) is 58.3 Å². The lowest BCUT2D eigenvalue weighted by Gasteiger charge is -2.53. The van der Waals surface area contributed by atoms with E-state index >= 15 is 0 Å². The summed E-state index contributed by atoms with van der Waals surface area (Å²) in [6.45, 7) is 2.25. The Morgan fingerprint density at radius 3 is 2.70 bits per heavy atom. The van der Waals surface area contributed by atoms with E-state index in [1.807, 2.05) is 0 Å². The number of rotatable bonds is 4. The zero-order valence-corrected chi connectivity index (χ0v) is 16.9. The Labute approximate surface area is 161 Å². The van der Waals surface area contributed by atoms with Gasteiger partial charge in [-0.1, -0.05) is 24.1 Å². The van der Waals surface area contributed by atoms with Gasteiger partial charge in [0.2, 0.25) is 0 Å². The van der Waals surface area contributed by atoms with E-state index in [1.54, 1.807) is 6.08 Å². The monoisotopic (exact) mass is 392 g/mol. The molecule has 2 fully saturated rings. The van der Waals surface area contributed by atoms with Crippen LogP contribution in [-0.2, 0) is 23.9 Å². The molecule has 5 nitrogen and oxygen atoms in total. The molecule has 0 aromatic carbocycles. The van der Waals surface area contributed by atoms with Gasteiger partial charge < -0.3 is 0 Å². The number of carbonyl (C=O) groups excluding carboxylic acids is 2.